The van der Waals surface area contributed by atoms with Crippen LogP contribution in [0.4, 0.5) is 4.39 Å². The van der Waals surface area contributed by atoms with Gasteiger partial charge in [-0.15, -0.1) is 0 Å². The van der Waals surface area contributed by atoms with E-state index in [9.17, 15) is 14.0 Å². The van der Waals surface area contributed by atoms with Gasteiger partial charge in [-0.2, -0.15) is 5.10 Å². The lowest BCUT2D eigenvalue weighted by Crippen LogP contribution is -2.43. The van der Waals surface area contributed by atoms with Crippen LogP contribution in [-0.2, 0) is 16.1 Å². The van der Waals surface area contributed by atoms with Gasteiger partial charge in [0.1, 0.15) is 12.4 Å². The topological polar surface area (TPSA) is 64.4 Å². The molecular formula is C16H16FN3O3. The summed E-state index contributed by atoms with van der Waals surface area (Å²) in [5.74, 6) is -0.627. The number of morpholine rings is 1. The van der Waals surface area contributed by atoms with Gasteiger partial charge in [-0.3, -0.25) is 9.59 Å². The molecule has 1 aromatic heterocycles. The summed E-state index contributed by atoms with van der Waals surface area (Å²) in [7, 11) is 0. The van der Waals surface area contributed by atoms with Crippen LogP contribution in [0.5, 0.6) is 0 Å². The van der Waals surface area contributed by atoms with Gasteiger partial charge >= 0.3 is 0 Å². The number of carbonyl (C=O) groups is 1. The van der Waals surface area contributed by atoms with Crippen molar-refractivity contribution < 1.29 is 13.9 Å². The normalized spacial score (nSPS) is 14.7. The molecule has 6 nitrogen and oxygen atoms in total. The number of rotatable bonds is 3. The molecule has 1 saturated heterocycles. The highest BCUT2D eigenvalue weighted by molar-refractivity contribution is 5.76. The second kappa shape index (κ2) is 6.70. The zero-order chi connectivity index (χ0) is 16.2. The second-order valence-electron chi connectivity index (χ2n) is 5.19. The van der Waals surface area contributed by atoms with E-state index < -0.39 is 11.4 Å². The predicted molar refractivity (Wildman–Crippen MR) is 81.3 cm³/mol. The van der Waals surface area contributed by atoms with Crippen molar-refractivity contribution >= 4 is 5.91 Å². The first-order valence-electron chi connectivity index (χ1n) is 7.34. The zero-order valence-corrected chi connectivity index (χ0v) is 12.4. The molecule has 0 radical (unpaired) electrons. The van der Waals surface area contributed by atoms with Gasteiger partial charge in [0, 0.05) is 24.7 Å². The Morgan fingerprint density at radius 3 is 2.65 bits per heavy atom. The maximum atomic E-state index is 13.8. The summed E-state index contributed by atoms with van der Waals surface area (Å²) in [5, 5.41) is 4.12. The van der Waals surface area contributed by atoms with Crippen LogP contribution in [0.15, 0.2) is 41.2 Å². The van der Waals surface area contributed by atoms with Gasteiger partial charge in [0.05, 0.1) is 18.9 Å². The van der Waals surface area contributed by atoms with Gasteiger partial charge < -0.3 is 9.64 Å². The molecule has 3 rings (SSSR count). The molecule has 0 bridgehead atoms. The van der Waals surface area contributed by atoms with Crippen LogP contribution in [0.3, 0.4) is 0 Å². The van der Waals surface area contributed by atoms with Gasteiger partial charge in [-0.25, -0.2) is 9.07 Å². The fraction of sp³-hybridized carbons (Fsp3) is 0.312. The van der Waals surface area contributed by atoms with Crippen molar-refractivity contribution in [2.45, 2.75) is 6.54 Å². The first-order valence-corrected chi connectivity index (χ1v) is 7.34. The molecule has 23 heavy (non-hydrogen) atoms. The van der Waals surface area contributed by atoms with Crippen LogP contribution in [0.1, 0.15) is 0 Å². The number of nitrogens with zero attached hydrogens (tertiary/aromatic N) is 3. The van der Waals surface area contributed by atoms with E-state index in [0.29, 0.717) is 37.6 Å². The molecule has 120 valence electrons. The van der Waals surface area contributed by atoms with Crippen molar-refractivity contribution in [2.75, 3.05) is 26.3 Å². The van der Waals surface area contributed by atoms with Crippen molar-refractivity contribution in [3.8, 4) is 11.3 Å². The summed E-state index contributed by atoms with van der Waals surface area (Å²) in [4.78, 5) is 25.8. The number of hydrogen-bond donors (Lipinski definition) is 0. The predicted octanol–water partition coefficient (Wildman–Crippen LogP) is 0.908. The van der Waals surface area contributed by atoms with Crippen molar-refractivity contribution in [1.82, 2.24) is 14.7 Å². The van der Waals surface area contributed by atoms with Crippen LogP contribution in [0, 0.1) is 5.82 Å². The zero-order valence-electron chi connectivity index (χ0n) is 12.4. The monoisotopic (exact) mass is 317 g/mol. The standard InChI is InChI=1S/C16H16FN3O3/c17-13-4-2-1-3-12(13)14-5-6-15(21)20(18-14)11-16(22)19-7-9-23-10-8-19/h1-6H,7-11H2. The van der Waals surface area contributed by atoms with E-state index in [1.807, 2.05) is 0 Å². The number of halogens is 1. The Balaban J connectivity index is 1.85. The highest BCUT2D eigenvalue weighted by Crippen LogP contribution is 2.18. The molecule has 1 amide bonds. The third-order valence-corrected chi connectivity index (χ3v) is 3.67. The number of ether oxygens (including phenoxy) is 1. The third kappa shape index (κ3) is 3.45. The molecule has 7 heteroatoms. The average molecular weight is 317 g/mol. The number of amides is 1. The molecule has 1 aromatic carbocycles. The van der Waals surface area contributed by atoms with E-state index in [-0.39, 0.29) is 12.5 Å². The highest BCUT2D eigenvalue weighted by Gasteiger charge is 2.18. The Hall–Kier alpha value is -2.54. The van der Waals surface area contributed by atoms with Crippen LogP contribution in [0.2, 0.25) is 0 Å². The van der Waals surface area contributed by atoms with Crippen LogP contribution >= 0.6 is 0 Å². The molecular weight excluding hydrogens is 301 g/mol. The molecule has 1 fully saturated rings. The molecule has 2 heterocycles. The second-order valence-corrected chi connectivity index (χ2v) is 5.19. The Kier molecular flexibility index (Phi) is 4.47. The Bertz CT molecular complexity index is 769. The largest absolute Gasteiger partial charge is 0.378 e. The third-order valence-electron chi connectivity index (χ3n) is 3.67. The lowest BCUT2D eigenvalue weighted by Gasteiger charge is -2.26. The summed E-state index contributed by atoms with van der Waals surface area (Å²) < 4.78 is 20.1. The van der Waals surface area contributed by atoms with E-state index >= 15 is 0 Å². The van der Waals surface area contributed by atoms with E-state index in [4.69, 9.17) is 4.74 Å². The van der Waals surface area contributed by atoms with Crippen LogP contribution < -0.4 is 5.56 Å². The van der Waals surface area contributed by atoms with Crippen LogP contribution in [0.25, 0.3) is 11.3 Å². The number of aromatic nitrogens is 2. The average Bonchev–Trinajstić information content (AvgIpc) is 2.58. The molecule has 2 aromatic rings. The molecule has 0 unspecified atom stereocenters. The van der Waals surface area contributed by atoms with Gasteiger partial charge in [0.15, 0.2) is 0 Å². The van der Waals surface area contributed by atoms with Crippen LogP contribution in [-0.4, -0.2) is 46.9 Å². The fourth-order valence-electron chi connectivity index (χ4n) is 2.42. The summed E-state index contributed by atoms with van der Waals surface area (Å²) in [5.41, 5.74) is 0.212. The quantitative estimate of drug-likeness (QED) is 0.844. The van der Waals surface area contributed by atoms with Crippen molar-refractivity contribution in [2.24, 2.45) is 0 Å². The lowest BCUT2D eigenvalue weighted by molar-refractivity contribution is -0.136. The Morgan fingerprint density at radius 1 is 1.17 bits per heavy atom. The number of hydrogen-bond acceptors (Lipinski definition) is 4. The van der Waals surface area contributed by atoms with Gasteiger partial charge in [-0.05, 0) is 18.2 Å². The minimum Gasteiger partial charge on any atom is -0.378 e. The molecule has 0 atom stereocenters. The Labute approximate surface area is 132 Å². The van der Waals surface area contributed by atoms with Crippen molar-refractivity contribution in [3.05, 3.63) is 52.6 Å². The first-order chi connectivity index (χ1) is 11.1. The molecule has 1 aliphatic heterocycles. The van der Waals surface area contributed by atoms with E-state index in [0.717, 1.165) is 4.68 Å². The minimum atomic E-state index is -0.426. The minimum absolute atomic E-state index is 0.166. The molecule has 0 N–H and O–H groups in total. The molecule has 0 aliphatic carbocycles. The maximum Gasteiger partial charge on any atom is 0.267 e. The molecule has 0 spiro atoms. The van der Waals surface area contributed by atoms with E-state index in [2.05, 4.69) is 5.10 Å². The van der Waals surface area contributed by atoms with Crippen molar-refractivity contribution in [1.29, 1.82) is 0 Å². The van der Waals surface area contributed by atoms with Gasteiger partial charge in [-0.1, -0.05) is 12.1 Å². The molecule has 1 aliphatic rings. The summed E-state index contributed by atoms with van der Waals surface area (Å²) in [6.45, 7) is 1.81. The number of carbonyl (C=O) groups excluding carboxylic acids is 1. The maximum absolute atomic E-state index is 13.8. The summed E-state index contributed by atoms with van der Waals surface area (Å²) in [6, 6.07) is 8.92. The van der Waals surface area contributed by atoms with Gasteiger partial charge in [0.2, 0.25) is 5.91 Å². The summed E-state index contributed by atoms with van der Waals surface area (Å²) in [6.07, 6.45) is 0. The van der Waals surface area contributed by atoms with Gasteiger partial charge in [0.25, 0.3) is 5.56 Å². The first kappa shape index (κ1) is 15.4. The van der Waals surface area contributed by atoms with E-state index in [1.54, 1.807) is 23.1 Å². The number of benzene rings is 1. The lowest BCUT2D eigenvalue weighted by atomic mass is 10.1. The fourth-order valence-corrected chi connectivity index (χ4v) is 2.42. The van der Waals surface area contributed by atoms with Crippen molar-refractivity contribution in [3.63, 3.8) is 0 Å². The smallest absolute Gasteiger partial charge is 0.267 e. The SMILES string of the molecule is O=C(Cn1nc(-c2ccccc2F)ccc1=O)N1CCOCC1. The Morgan fingerprint density at radius 2 is 1.91 bits per heavy atom. The van der Waals surface area contributed by atoms with E-state index in [1.165, 1.54) is 18.2 Å². The summed E-state index contributed by atoms with van der Waals surface area (Å²) >= 11 is 0. The molecule has 0 saturated carbocycles. The highest BCUT2D eigenvalue weighted by atomic mass is 19.1.